The zero-order valence-corrected chi connectivity index (χ0v) is 10.4. The van der Waals surface area contributed by atoms with E-state index in [2.05, 4.69) is 45.9 Å². The zero-order valence-electron chi connectivity index (χ0n) is 10.4. The number of rotatable bonds is 1. The highest BCUT2D eigenvalue weighted by Crippen LogP contribution is 2.12. The van der Waals surface area contributed by atoms with Crippen LogP contribution in [-0.4, -0.2) is 24.6 Å². The van der Waals surface area contributed by atoms with Crippen LogP contribution in [0.1, 0.15) is 11.6 Å². The Morgan fingerprint density at radius 1 is 0.889 bits per heavy atom. The molecule has 3 nitrogen and oxygen atoms in total. The first-order chi connectivity index (χ1) is 8.97. The van der Waals surface area contributed by atoms with Gasteiger partial charge in [0.2, 0.25) is 0 Å². The molecule has 18 heavy (non-hydrogen) atoms. The summed E-state index contributed by atoms with van der Waals surface area (Å²) in [7, 11) is 0. The molecule has 1 fully saturated rings. The van der Waals surface area contributed by atoms with Crippen LogP contribution in [-0.2, 0) is 0 Å². The molecule has 3 heteroatoms. The van der Waals surface area contributed by atoms with Crippen molar-refractivity contribution in [3.05, 3.63) is 66.5 Å². The third kappa shape index (κ3) is 4.28. The first-order valence-electron chi connectivity index (χ1n) is 6.31. The predicted molar refractivity (Wildman–Crippen MR) is 74.3 cm³/mol. The SMILES string of the molecule is c1ccc(C2CNCCN2)cc1.c1ccncc1. The highest BCUT2D eigenvalue weighted by Gasteiger charge is 2.12. The van der Waals surface area contributed by atoms with E-state index in [0.29, 0.717) is 6.04 Å². The van der Waals surface area contributed by atoms with Crippen LogP contribution < -0.4 is 10.6 Å². The van der Waals surface area contributed by atoms with Crippen molar-refractivity contribution < 1.29 is 0 Å². The molecule has 0 radical (unpaired) electrons. The van der Waals surface area contributed by atoms with E-state index in [9.17, 15) is 0 Å². The van der Waals surface area contributed by atoms with Crippen LogP contribution >= 0.6 is 0 Å². The molecule has 0 saturated carbocycles. The summed E-state index contributed by atoms with van der Waals surface area (Å²) in [6, 6.07) is 16.8. The van der Waals surface area contributed by atoms with Gasteiger partial charge in [-0.05, 0) is 17.7 Å². The Balaban J connectivity index is 0.000000169. The molecule has 2 aromatic rings. The van der Waals surface area contributed by atoms with Gasteiger partial charge in [0.05, 0.1) is 0 Å². The molecule has 0 aliphatic carbocycles. The Kier molecular flexibility index (Phi) is 5.37. The average Bonchev–Trinajstić information content (AvgIpc) is 2.51. The quantitative estimate of drug-likeness (QED) is 0.802. The maximum Gasteiger partial charge on any atom is 0.0447 e. The third-order valence-electron chi connectivity index (χ3n) is 2.81. The van der Waals surface area contributed by atoms with Gasteiger partial charge in [-0.3, -0.25) is 4.98 Å². The minimum atomic E-state index is 0.500. The van der Waals surface area contributed by atoms with Gasteiger partial charge in [0.25, 0.3) is 0 Å². The minimum absolute atomic E-state index is 0.500. The Labute approximate surface area is 108 Å². The third-order valence-corrected chi connectivity index (χ3v) is 2.81. The number of nitrogens with one attached hydrogen (secondary N) is 2. The van der Waals surface area contributed by atoms with Gasteiger partial charge in [-0.2, -0.15) is 0 Å². The first-order valence-corrected chi connectivity index (χ1v) is 6.31. The summed E-state index contributed by atoms with van der Waals surface area (Å²) in [6.07, 6.45) is 3.50. The zero-order chi connectivity index (χ0) is 12.5. The molecule has 1 atom stereocenters. The molecule has 1 aromatic heterocycles. The van der Waals surface area contributed by atoms with Gasteiger partial charge in [-0.25, -0.2) is 0 Å². The maximum atomic E-state index is 3.78. The maximum absolute atomic E-state index is 3.78. The topological polar surface area (TPSA) is 37.0 Å². The molecule has 1 aliphatic rings. The second-order valence-corrected chi connectivity index (χ2v) is 4.15. The van der Waals surface area contributed by atoms with Crippen molar-refractivity contribution in [1.29, 1.82) is 0 Å². The fourth-order valence-electron chi connectivity index (χ4n) is 1.89. The van der Waals surface area contributed by atoms with Crippen molar-refractivity contribution >= 4 is 0 Å². The molecule has 0 bridgehead atoms. The number of hydrogen-bond acceptors (Lipinski definition) is 3. The number of benzene rings is 1. The Morgan fingerprint density at radius 2 is 1.61 bits per heavy atom. The van der Waals surface area contributed by atoms with Crippen molar-refractivity contribution in [2.75, 3.05) is 19.6 Å². The summed E-state index contributed by atoms with van der Waals surface area (Å²) in [5.41, 5.74) is 1.38. The molecular formula is C15H19N3. The Morgan fingerprint density at radius 3 is 2.11 bits per heavy atom. The van der Waals surface area contributed by atoms with Crippen molar-refractivity contribution in [2.45, 2.75) is 6.04 Å². The highest BCUT2D eigenvalue weighted by molar-refractivity contribution is 5.19. The normalized spacial score (nSPS) is 18.6. The Bertz CT molecular complexity index is 384. The van der Waals surface area contributed by atoms with E-state index in [1.54, 1.807) is 12.4 Å². The summed E-state index contributed by atoms with van der Waals surface area (Å²) in [6.45, 7) is 3.20. The molecular weight excluding hydrogens is 222 g/mol. The summed E-state index contributed by atoms with van der Waals surface area (Å²) in [5, 5.41) is 6.84. The lowest BCUT2D eigenvalue weighted by Crippen LogP contribution is -2.42. The van der Waals surface area contributed by atoms with E-state index >= 15 is 0 Å². The standard InChI is InChI=1S/C10H14N2.C5H5N/c1-2-4-9(5-3-1)10-8-11-6-7-12-10;1-2-4-6-5-3-1/h1-5,10-12H,6-8H2;1-5H. The van der Waals surface area contributed by atoms with E-state index in [4.69, 9.17) is 0 Å². The molecule has 0 amide bonds. The fourth-order valence-corrected chi connectivity index (χ4v) is 1.89. The molecule has 2 heterocycles. The van der Waals surface area contributed by atoms with Gasteiger partial charge >= 0.3 is 0 Å². The van der Waals surface area contributed by atoms with E-state index in [1.807, 2.05) is 18.2 Å². The van der Waals surface area contributed by atoms with Crippen LogP contribution in [0.25, 0.3) is 0 Å². The predicted octanol–water partition coefficient (Wildman–Crippen LogP) is 2.00. The highest BCUT2D eigenvalue weighted by atomic mass is 15.1. The van der Waals surface area contributed by atoms with Crippen LogP contribution in [0.2, 0.25) is 0 Å². The van der Waals surface area contributed by atoms with E-state index < -0.39 is 0 Å². The van der Waals surface area contributed by atoms with Crippen LogP contribution in [0.4, 0.5) is 0 Å². The van der Waals surface area contributed by atoms with Crippen molar-refractivity contribution in [1.82, 2.24) is 15.6 Å². The molecule has 1 aliphatic heterocycles. The van der Waals surface area contributed by atoms with Crippen LogP contribution in [0.15, 0.2) is 60.9 Å². The monoisotopic (exact) mass is 241 g/mol. The number of nitrogens with zero attached hydrogens (tertiary/aromatic N) is 1. The molecule has 1 aromatic carbocycles. The largest absolute Gasteiger partial charge is 0.314 e. The second-order valence-electron chi connectivity index (χ2n) is 4.15. The molecule has 1 saturated heterocycles. The molecule has 3 rings (SSSR count). The fraction of sp³-hybridized carbons (Fsp3) is 0.267. The van der Waals surface area contributed by atoms with E-state index in [-0.39, 0.29) is 0 Å². The van der Waals surface area contributed by atoms with Gasteiger partial charge in [0.15, 0.2) is 0 Å². The van der Waals surface area contributed by atoms with Crippen LogP contribution in [0, 0.1) is 0 Å². The number of hydrogen-bond donors (Lipinski definition) is 2. The molecule has 0 spiro atoms. The lowest BCUT2D eigenvalue weighted by molar-refractivity contribution is 0.430. The van der Waals surface area contributed by atoms with Gasteiger partial charge in [0.1, 0.15) is 0 Å². The Hall–Kier alpha value is -1.71. The lowest BCUT2D eigenvalue weighted by Gasteiger charge is -2.24. The second kappa shape index (κ2) is 7.58. The van der Waals surface area contributed by atoms with Gasteiger partial charge in [0, 0.05) is 38.1 Å². The van der Waals surface area contributed by atoms with Gasteiger partial charge in [-0.1, -0.05) is 36.4 Å². The average molecular weight is 241 g/mol. The number of pyridine rings is 1. The van der Waals surface area contributed by atoms with Crippen LogP contribution in [0.5, 0.6) is 0 Å². The summed E-state index contributed by atoms with van der Waals surface area (Å²) >= 11 is 0. The van der Waals surface area contributed by atoms with Gasteiger partial charge in [-0.15, -0.1) is 0 Å². The van der Waals surface area contributed by atoms with Crippen molar-refractivity contribution in [3.63, 3.8) is 0 Å². The number of piperazine rings is 1. The molecule has 1 unspecified atom stereocenters. The van der Waals surface area contributed by atoms with Crippen LogP contribution in [0.3, 0.4) is 0 Å². The molecule has 94 valence electrons. The summed E-state index contributed by atoms with van der Waals surface area (Å²) < 4.78 is 0. The van der Waals surface area contributed by atoms with E-state index in [0.717, 1.165) is 19.6 Å². The number of aromatic nitrogens is 1. The van der Waals surface area contributed by atoms with Crippen molar-refractivity contribution in [2.24, 2.45) is 0 Å². The smallest absolute Gasteiger partial charge is 0.0447 e. The van der Waals surface area contributed by atoms with Gasteiger partial charge < -0.3 is 10.6 Å². The summed E-state index contributed by atoms with van der Waals surface area (Å²) in [5.74, 6) is 0. The summed E-state index contributed by atoms with van der Waals surface area (Å²) in [4.78, 5) is 3.78. The minimum Gasteiger partial charge on any atom is -0.314 e. The van der Waals surface area contributed by atoms with E-state index in [1.165, 1.54) is 5.56 Å². The van der Waals surface area contributed by atoms with Crippen molar-refractivity contribution in [3.8, 4) is 0 Å². The lowest BCUT2D eigenvalue weighted by atomic mass is 10.1. The first kappa shape index (κ1) is 12.7. The molecule has 2 N–H and O–H groups in total.